The molecular formula is C34H20. The summed E-state index contributed by atoms with van der Waals surface area (Å²) in [6, 6.07) is 44.9. The Balaban J connectivity index is 1.92. The normalized spacial score (nSPS) is 12.1. The minimum absolute atomic E-state index is 1.29. The topological polar surface area (TPSA) is 0 Å². The van der Waals surface area contributed by atoms with Gasteiger partial charge in [-0.1, -0.05) is 121 Å². The first-order valence-electron chi connectivity index (χ1n) is 11.9. The molecule has 0 aromatic heterocycles. The summed E-state index contributed by atoms with van der Waals surface area (Å²) in [5, 5.41) is 18.5. The molecule has 0 bridgehead atoms. The van der Waals surface area contributed by atoms with Crippen molar-refractivity contribution in [1.29, 1.82) is 0 Å². The summed E-state index contributed by atoms with van der Waals surface area (Å²) in [6.45, 7) is 0. The van der Waals surface area contributed by atoms with E-state index < -0.39 is 0 Å². The second kappa shape index (κ2) is 6.56. The molecule has 8 rings (SSSR count). The largest absolute Gasteiger partial charge is 0.0616 e. The minimum atomic E-state index is 1.29. The molecule has 0 aliphatic heterocycles. The molecule has 0 aliphatic carbocycles. The van der Waals surface area contributed by atoms with Crippen LogP contribution in [0.4, 0.5) is 0 Å². The first kappa shape index (κ1) is 18.1. The van der Waals surface area contributed by atoms with E-state index in [0.29, 0.717) is 0 Å². The fourth-order valence-corrected chi connectivity index (χ4v) is 6.23. The Morgan fingerprint density at radius 1 is 0.206 bits per heavy atom. The van der Waals surface area contributed by atoms with Gasteiger partial charge in [0.25, 0.3) is 0 Å². The summed E-state index contributed by atoms with van der Waals surface area (Å²) in [5.74, 6) is 0. The van der Waals surface area contributed by atoms with Crippen LogP contribution >= 0.6 is 0 Å². The van der Waals surface area contributed by atoms with E-state index in [1.165, 1.54) is 75.4 Å². The molecule has 34 heavy (non-hydrogen) atoms. The van der Waals surface area contributed by atoms with Crippen molar-refractivity contribution in [1.82, 2.24) is 0 Å². The summed E-state index contributed by atoms with van der Waals surface area (Å²) in [6.07, 6.45) is 0. The quantitative estimate of drug-likeness (QED) is 0.211. The molecule has 0 fully saturated rings. The van der Waals surface area contributed by atoms with Crippen LogP contribution in [0.3, 0.4) is 0 Å². The van der Waals surface area contributed by atoms with Gasteiger partial charge in [0.05, 0.1) is 0 Å². The molecular weight excluding hydrogens is 408 g/mol. The van der Waals surface area contributed by atoms with Crippen LogP contribution in [-0.2, 0) is 0 Å². The SMILES string of the molecule is c1ccc2c(c1)c1ccccc1c1c3cccc4ccc5cccc(c5c43)c1c1ccccc21. The standard InChI is InChI=1S/C34H20/c1-2-12-24-23(11-1)25-13-3-5-15-27(25)33-29-17-7-9-21-19-20-22-10-8-18-30(32(22)31(21)29)34(33)28-16-6-4-14-26(24)28/h1-20H. The molecule has 8 aromatic carbocycles. The average molecular weight is 429 g/mol. The molecule has 0 radical (unpaired) electrons. The van der Waals surface area contributed by atoms with E-state index in [1.807, 2.05) is 0 Å². The average Bonchev–Trinajstić information content (AvgIpc) is 2.90. The van der Waals surface area contributed by atoms with E-state index in [1.54, 1.807) is 0 Å². The van der Waals surface area contributed by atoms with Gasteiger partial charge in [-0.3, -0.25) is 0 Å². The van der Waals surface area contributed by atoms with E-state index in [0.717, 1.165) is 0 Å². The zero-order chi connectivity index (χ0) is 22.2. The van der Waals surface area contributed by atoms with Gasteiger partial charge in [-0.05, 0) is 75.4 Å². The monoisotopic (exact) mass is 428 g/mol. The van der Waals surface area contributed by atoms with Crippen LogP contribution in [0.5, 0.6) is 0 Å². The van der Waals surface area contributed by atoms with E-state index in [-0.39, 0.29) is 0 Å². The highest BCUT2D eigenvalue weighted by Crippen LogP contribution is 2.45. The molecule has 0 spiro atoms. The molecule has 0 saturated carbocycles. The minimum Gasteiger partial charge on any atom is -0.0616 e. The van der Waals surface area contributed by atoms with Gasteiger partial charge in [-0.2, -0.15) is 0 Å². The molecule has 0 atom stereocenters. The molecule has 0 N–H and O–H groups in total. The highest BCUT2D eigenvalue weighted by molar-refractivity contribution is 6.42. The Kier molecular flexibility index (Phi) is 3.48. The van der Waals surface area contributed by atoms with Gasteiger partial charge in [-0.25, -0.2) is 0 Å². The summed E-state index contributed by atoms with van der Waals surface area (Å²) < 4.78 is 0. The zero-order valence-electron chi connectivity index (χ0n) is 18.5. The molecule has 0 heteroatoms. The molecule has 0 nitrogen and oxygen atoms in total. The maximum Gasteiger partial charge on any atom is -0.00137 e. The van der Waals surface area contributed by atoms with E-state index in [9.17, 15) is 0 Å². The van der Waals surface area contributed by atoms with Gasteiger partial charge in [0.15, 0.2) is 0 Å². The van der Waals surface area contributed by atoms with Gasteiger partial charge in [-0.15, -0.1) is 0 Å². The zero-order valence-corrected chi connectivity index (χ0v) is 18.5. The molecule has 0 unspecified atom stereocenters. The van der Waals surface area contributed by atoms with Crippen LogP contribution in [0, 0.1) is 0 Å². The van der Waals surface area contributed by atoms with Crippen molar-refractivity contribution in [3.63, 3.8) is 0 Å². The van der Waals surface area contributed by atoms with E-state index in [4.69, 9.17) is 0 Å². The number of rotatable bonds is 0. The fraction of sp³-hybridized carbons (Fsp3) is 0. The lowest BCUT2D eigenvalue weighted by Gasteiger charge is -2.17. The lowest BCUT2D eigenvalue weighted by Crippen LogP contribution is -1.89. The van der Waals surface area contributed by atoms with Gasteiger partial charge >= 0.3 is 0 Å². The maximum absolute atomic E-state index is 2.32. The number of benzene rings is 7. The second-order valence-corrected chi connectivity index (χ2v) is 9.26. The third-order valence-corrected chi connectivity index (χ3v) is 7.57. The summed E-state index contributed by atoms with van der Waals surface area (Å²) >= 11 is 0. The van der Waals surface area contributed by atoms with E-state index >= 15 is 0 Å². The molecule has 156 valence electrons. The van der Waals surface area contributed by atoms with Crippen molar-refractivity contribution in [3.05, 3.63) is 121 Å². The van der Waals surface area contributed by atoms with Gasteiger partial charge in [0, 0.05) is 0 Å². The first-order chi connectivity index (χ1) is 16.9. The van der Waals surface area contributed by atoms with Crippen molar-refractivity contribution in [2.75, 3.05) is 0 Å². The van der Waals surface area contributed by atoms with Crippen molar-refractivity contribution >= 4 is 75.4 Å². The Labute approximate surface area is 196 Å². The predicted octanol–water partition coefficient (Wildman–Crippen LogP) is 9.76. The van der Waals surface area contributed by atoms with Gasteiger partial charge < -0.3 is 0 Å². The van der Waals surface area contributed by atoms with Crippen LogP contribution in [0.1, 0.15) is 0 Å². The molecule has 0 heterocycles. The number of hydrogen-bond donors (Lipinski definition) is 0. The lowest BCUT2D eigenvalue weighted by atomic mass is 9.86. The molecule has 0 amide bonds. The third kappa shape index (κ3) is 2.23. The van der Waals surface area contributed by atoms with Gasteiger partial charge in [0.1, 0.15) is 0 Å². The second-order valence-electron chi connectivity index (χ2n) is 9.26. The summed E-state index contributed by atoms with van der Waals surface area (Å²) in [7, 11) is 0. The van der Waals surface area contributed by atoms with E-state index in [2.05, 4.69) is 121 Å². The highest BCUT2D eigenvalue weighted by Gasteiger charge is 2.16. The maximum atomic E-state index is 2.32. The Bertz CT molecular complexity index is 1960. The lowest BCUT2D eigenvalue weighted by molar-refractivity contribution is 1.78. The van der Waals surface area contributed by atoms with Crippen molar-refractivity contribution in [2.24, 2.45) is 0 Å². The number of fused-ring (bicyclic) bond motifs is 10. The molecule has 0 saturated heterocycles. The highest BCUT2D eigenvalue weighted by atomic mass is 14.2. The van der Waals surface area contributed by atoms with Crippen molar-refractivity contribution in [3.8, 4) is 0 Å². The smallest absolute Gasteiger partial charge is 0.00137 e. The fourth-order valence-electron chi connectivity index (χ4n) is 6.23. The summed E-state index contributed by atoms with van der Waals surface area (Å²) in [4.78, 5) is 0. The van der Waals surface area contributed by atoms with Crippen LogP contribution in [-0.4, -0.2) is 0 Å². The van der Waals surface area contributed by atoms with Crippen LogP contribution in [0.25, 0.3) is 75.4 Å². The van der Waals surface area contributed by atoms with Crippen LogP contribution < -0.4 is 0 Å². The molecule has 0 aliphatic rings. The Morgan fingerprint density at radius 3 is 0.941 bits per heavy atom. The predicted molar refractivity (Wildman–Crippen MR) is 149 cm³/mol. The van der Waals surface area contributed by atoms with Gasteiger partial charge in [0.2, 0.25) is 0 Å². The van der Waals surface area contributed by atoms with Crippen molar-refractivity contribution in [2.45, 2.75) is 0 Å². The molecule has 8 aromatic rings. The van der Waals surface area contributed by atoms with Crippen LogP contribution in [0.15, 0.2) is 121 Å². The first-order valence-corrected chi connectivity index (χ1v) is 11.9. The van der Waals surface area contributed by atoms with Crippen molar-refractivity contribution < 1.29 is 0 Å². The van der Waals surface area contributed by atoms with Crippen LogP contribution in [0.2, 0.25) is 0 Å². The Hall–Kier alpha value is -4.42. The number of hydrogen-bond acceptors (Lipinski definition) is 0. The summed E-state index contributed by atoms with van der Waals surface area (Å²) in [5.41, 5.74) is 0. The third-order valence-electron chi connectivity index (χ3n) is 7.57. The Morgan fingerprint density at radius 2 is 0.529 bits per heavy atom.